The van der Waals surface area contributed by atoms with Crippen LogP contribution in [0.5, 0.6) is 0 Å². The van der Waals surface area contributed by atoms with Gasteiger partial charge in [-0.15, -0.1) is 0 Å². The molecule has 6 aliphatic carbocycles. The van der Waals surface area contributed by atoms with E-state index in [-0.39, 0.29) is 0 Å². The molecule has 14 heavy (non-hydrogen) atoms. The van der Waals surface area contributed by atoms with E-state index in [1.807, 2.05) is 0 Å². The van der Waals surface area contributed by atoms with Crippen molar-refractivity contribution in [1.29, 1.82) is 0 Å². The van der Waals surface area contributed by atoms with Crippen LogP contribution in [0.4, 0.5) is 0 Å². The van der Waals surface area contributed by atoms with Crippen molar-refractivity contribution in [2.75, 3.05) is 0 Å². The highest BCUT2D eigenvalue weighted by Crippen LogP contribution is 3.04. The third kappa shape index (κ3) is 0.445. The van der Waals surface area contributed by atoms with Crippen LogP contribution < -0.4 is 0 Å². The van der Waals surface area contributed by atoms with Gasteiger partial charge in [0, 0.05) is 3.42 Å². The van der Waals surface area contributed by atoms with Gasteiger partial charge in [-0.1, -0.05) is 42.4 Å². The second-order valence-electron chi connectivity index (χ2n) is 6.58. The summed E-state index contributed by atoms with van der Waals surface area (Å²) in [7, 11) is 0. The fraction of sp³-hybridized carbons (Fsp3) is 1.00. The van der Waals surface area contributed by atoms with Crippen LogP contribution in [0.15, 0.2) is 0 Å². The molecule has 0 spiro atoms. The van der Waals surface area contributed by atoms with Gasteiger partial charge < -0.3 is 0 Å². The summed E-state index contributed by atoms with van der Waals surface area (Å²) in [5.74, 6) is 7.38. The summed E-state index contributed by atoms with van der Waals surface area (Å²) in [5.41, 5.74) is 0.923. The maximum absolute atomic E-state index is 2.91. The summed E-state index contributed by atoms with van der Waals surface area (Å²) in [5, 5.41) is 0. The van der Waals surface area contributed by atoms with E-state index in [4.69, 9.17) is 0 Å². The highest BCUT2D eigenvalue weighted by molar-refractivity contribution is 14.1. The molecule has 0 N–H and O–H groups in total. The van der Waals surface area contributed by atoms with Crippen LogP contribution in [0.3, 0.4) is 0 Å². The zero-order chi connectivity index (χ0) is 9.29. The maximum Gasteiger partial charge on any atom is 0.0352 e. The molecule has 1 heteroatoms. The summed E-state index contributed by atoms with van der Waals surface area (Å²) in [6.07, 6.45) is 6.18. The second kappa shape index (κ2) is 1.84. The number of halogens is 1. The summed E-state index contributed by atoms with van der Waals surface area (Å²) < 4.78 is 0.864. The minimum absolute atomic E-state index is 0.864. The zero-order valence-corrected chi connectivity index (χ0v) is 10.8. The number of hydrogen-bond acceptors (Lipinski definition) is 0. The molecular weight excluding hydrogens is 283 g/mol. The molecule has 6 aliphatic rings. The Morgan fingerprint density at radius 1 is 1.14 bits per heavy atom. The topological polar surface area (TPSA) is 0 Å². The molecule has 6 saturated carbocycles. The SMILES string of the molecule is CCCCC12[C@H]3[C@@H]4C[C@@H]([C@@H]5[C@@H]4C51I)[C@@H]32. The Morgan fingerprint density at radius 3 is 2.21 bits per heavy atom. The van der Waals surface area contributed by atoms with Crippen LogP contribution >= 0.6 is 22.6 Å². The lowest BCUT2D eigenvalue weighted by Gasteiger charge is -2.19. The number of unbranched alkanes of at least 4 members (excludes halogenated alkanes) is 1. The first-order valence-corrected chi connectivity index (χ1v) is 7.55. The Morgan fingerprint density at radius 2 is 1.79 bits per heavy atom. The van der Waals surface area contributed by atoms with Crippen molar-refractivity contribution in [1.82, 2.24) is 0 Å². The van der Waals surface area contributed by atoms with E-state index in [1.165, 1.54) is 48.3 Å². The van der Waals surface area contributed by atoms with Crippen LogP contribution in [0.25, 0.3) is 0 Å². The van der Waals surface area contributed by atoms with Crippen LogP contribution in [-0.2, 0) is 0 Å². The van der Waals surface area contributed by atoms with E-state index < -0.39 is 0 Å². The van der Waals surface area contributed by atoms with Gasteiger partial charge in [-0.3, -0.25) is 0 Å². The third-order valence-corrected chi connectivity index (χ3v) is 9.20. The molecule has 0 aliphatic heterocycles. The van der Waals surface area contributed by atoms with Gasteiger partial charge in [0.25, 0.3) is 0 Å². The molecule has 2 bridgehead atoms. The van der Waals surface area contributed by atoms with Crippen LogP contribution in [-0.4, -0.2) is 3.42 Å². The number of hydrogen-bond donors (Lipinski definition) is 0. The van der Waals surface area contributed by atoms with Crippen molar-refractivity contribution in [2.24, 2.45) is 40.9 Å². The Bertz CT molecular complexity index is 321. The van der Waals surface area contributed by atoms with E-state index in [1.54, 1.807) is 12.8 Å². The lowest BCUT2D eigenvalue weighted by molar-refractivity contribution is 0.381. The predicted molar refractivity (Wildman–Crippen MR) is 64.3 cm³/mol. The normalized spacial score (nSPS) is 78.4. The molecule has 8 atom stereocenters. The van der Waals surface area contributed by atoms with Gasteiger partial charge in [-0.05, 0) is 53.8 Å². The highest BCUT2D eigenvalue weighted by atomic mass is 127. The molecule has 6 rings (SSSR count). The molecule has 0 aromatic heterocycles. The van der Waals surface area contributed by atoms with Gasteiger partial charge in [0.1, 0.15) is 0 Å². The lowest BCUT2D eigenvalue weighted by Crippen LogP contribution is -2.18. The quantitative estimate of drug-likeness (QED) is 0.553. The summed E-state index contributed by atoms with van der Waals surface area (Å²) >= 11 is 2.91. The molecule has 0 aromatic carbocycles. The summed E-state index contributed by atoms with van der Waals surface area (Å²) in [6, 6.07) is 0. The van der Waals surface area contributed by atoms with E-state index in [9.17, 15) is 0 Å². The Balaban J connectivity index is 1.61. The molecule has 0 nitrogen and oxygen atoms in total. The molecular formula is C13H17I. The average molecular weight is 300 g/mol. The van der Waals surface area contributed by atoms with Crippen LogP contribution in [0.2, 0.25) is 0 Å². The fourth-order valence-corrected chi connectivity index (χ4v) is 9.34. The number of rotatable bonds is 3. The Hall–Kier alpha value is 0.730. The molecule has 76 valence electrons. The van der Waals surface area contributed by atoms with E-state index in [2.05, 4.69) is 29.5 Å². The van der Waals surface area contributed by atoms with Gasteiger partial charge in [-0.25, -0.2) is 0 Å². The molecule has 0 radical (unpaired) electrons. The Labute approximate surface area is 99.4 Å². The zero-order valence-electron chi connectivity index (χ0n) is 8.67. The van der Waals surface area contributed by atoms with Crippen LogP contribution in [0.1, 0.15) is 32.6 Å². The van der Waals surface area contributed by atoms with Crippen molar-refractivity contribution in [2.45, 2.75) is 36.0 Å². The fourth-order valence-electron chi connectivity index (χ4n) is 6.83. The average Bonchev–Trinajstić information content (AvgIpc) is 2.86. The van der Waals surface area contributed by atoms with Gasteiger partial charge in [0.05, 0.1) is 0 Å². The van der Waals surface area contributed by atoms with E-state index in [0.29, 0.717) is 0 Å². The molecule has 2 unspecified atom stereocenters. The van der Waals surface area contributed by atoms with Crippen molar-refractivity contribution in [3.05, 3.63) is 0 Å². The monoisotopic (exact) mass is 300 g/mol. The van der Waals surface area contributed by atoms with Gasteiger partial charge in [0.2, 0.25) is 0 Å². The van der Waals surface area contributed by atoms with E-state index in [0.717, 1.165) is 8.84 Å². The highest BCUT2D eigenvalue weighted by Gasteiger charge is 3.02. The first-order chi connectivity index (χ1) is 6.78. The molecule has 0 heterocycles. The predicted octanol–water partition coefficient (Wildman–Crippen LogP) is 3.49. The van der Waals surface area contributed by atoms with Gasteiger partial charge in [0.15, 0.2) is 0 Å². The third-order valence-electron chi connectivity index (χ3n) is 6.76. The second-order valence-corrected chi connectivity index (χ2v) is 8.36. The summed E-state index contributed by atoms with van der Waals surface area (Å²) in [6.45, 7) is 2.36. The molecule has 6 fully saturated rings. The number of alkyl halides is 1. The van der Waals surface area contributed by atoms with Crippen molar-refractivity contribution >= 4 is 22.6 Å². The lowest BCUT2D eigenvalue weighted by atomic mass is 9.91. The molecule has 0 saturated heterocycles. The van der Waals surface area contributed by atoms with Crippen molar-refractivity contribution < 1.29 is 0 Å². The maximum atomic E-state index is 2.91. The van der Waals surface area contributed by atoms with E-state index >= 15 is 0 Å². The molecule has 0 aromatic rings. The standard InChI is InChI=1S/C13H17I/c1-2-3-4-12-8-6-5-7(9(8)12)11-10(6)13(11,12)14/h6-11H,2-5H2,1H3/t6-,7+,8-,9-,10+,11+,12?,13?/m0/s1. The molecule has 0 amide bonds. The smallest absolute Gasteiger partial charge is 0.0352 e. The minimum Gasteiger partial charge on any atom is -0.0776 e. The first kappa shape index (κ1) is 7.92. The largest absolute Gasteiger partial charge is 0.0776 e. The van der Waals surface area contributed by atoms with Crippen LogP contribution in [0, 0.1) is 40.9 Å². The van der Waals surface area contributed by atoms with Gasteiger partial charge in [-0.2, -0.15) is 0 Å². The minimum atomic E-state index is 0.864. The van der Waals surface area contributed by atoms with Crippen molar-refractivity contribution in [3.63, 3.8) is 0 Å². The van der Waals surface area contributed by atoms with Gasteiger partial charge >= 0.3 is 0 Å². The summed E-state index contributed by atoms with van der Waals surface area (Å²) in [4.78, 5) is 0. The Kier molecular flexibility index (Phi) is 1.04. The first-order valence-electron chi connectivity index (χ1n) is 6.47. The van der Waals surface area contributed by atoms with Crippen molar-refractivity contribution in [3.8, 4) is 0 Å².